The Morgan fingerprint density at radius 1 is 1.30 bits per heavy atom. The highest BCUT2D eigenvalue weighted by Gasteiger charge is 2.53. The Morgan fingerprint density at radius 2 is 2.03 bits per heavy atom. The van der Waals surface area contributed by atoms with Gasteiger partial charge in [-0.3, -0.25) is 4.79 Å². The number of hydrogen-bond donors (Lipinski definition) is 1. The van der Waals surface area contributed by atoms with Gasteiger partial charge in [0.05, 0.1) is 23.7 Å². The van der Waals surface area contributed by atoms with Gasteiger partial charge in [-0.15, -0.1) is 11.8 Å². The van der Waals surface area contributed by atoms with E-state index in [0.717, 1.165) is 24.1 Å². The van der Waals surface area contributed by atoms with E-state index >= 15 is 0 Å². The summed E-state index contributed by atoms with van der Waals surface area (Å²) in [6, 6.07) is 3.19. The number of nitrogens with zero attached hydrogens (tertiary/aromatic N) is 2. The van der Waals surface area contributed by atoms with Gasteiger partial charge in [-0.25, -0.2) is 9.37 Å². The van der Waals surface area contributed by atoms with Gasteiger partial charge in [0, 0.05) is 18.4 Å². The van der Waals surface area contributed by atoms with Crippen LogP contribution < -0.4 is 15.0 Å². The highest BCUT2D eigenvalue weighted by Crippen LogP contribution is 2.44. The van der Waals surface area contributed by atoms with Crippen molar-refractivity contribution < 1.29 is 31.5 Å². The largest absolute Gasteiger partial charge is 0.491 e. The molecule has 2 heterocycles. The van der Waals surface area contributed by atoms with Gasteiger partial charge in [0.25, 0.3) is 0 Å². The van der Waals surface area contributed by atoms with Gasteiger partial charge in [0.1, 0.15) is 6.04 Å². The number of alkyl halides is 3. The molecule has 11 heteroatoms. The molecule has 2 unspecified atom stereocenters. The molecule has 1 aliphatic heterocycles. The Labute approximate surface area is 173 Å². The lowest BCUT2D eigenvalue weighted by Gasteiger charge is -2.31. The molecular formula is C19H18F5N3O2S. The quantitative estimate of drug-likeness (QED) is 0.541. The minimum absolute atomic E-state index is 0.122. The summed E-state index contributed by atoms with van der Waals surface area (Å²) in [5, 5.41) is 3.06. The summed E-state index contributed by atoms with van der Waals surface area (Å²) in [4.78, 5) is 18.1. The second kappa shape index (κ2) is 8.66. The number of thioether (sulfide) groups is 1. The van der Waals surface area contributed by atoms with Crippen LogP contribution in [0.1, 0.15) is 6.42 Å². The monoisotopic (exact) mass is 447 g/mol. The number of methoxy groups -OCH3 is 1. The standard InChI is InChI=1S/C19H18F5N3O2S/c1-29-17-13(4-3-12(20)15(17)21)27-8-6-11(19(22,23)24)16(27)18(28)26-10-5-7-25-14(9-10)30-2/h3-5,7,9,11,16H,6,8H2,1-2H3,(H,25,26,28). The third-order valence-corrected chi connectivity index (χ3v) is 5.48. The number of anilines is 2. The van der Waals surface area contributed by atoms with Crippen LogP contribution in [0.3, 0.4) is 0 Å². The van der Waals surface area contributed by atoms with Gasteiger partial charge in [-0.1, -0.05) is 0 Å². The van der Waals surface area contributed by atoms with Gasteiger partial charge in [0.2, 0.25) is 11.7 Å². The molecule has 0 radical (unpaired) electrons. The molecule has 1 aliphatic rings. The van der Waals surface area contributed by atoms with Crippen LogP contribution in [0.15, 0.2) is 35.5 Å². The van der Waals surface area contributed by atoms with Gasteiger partial charge in [0.15, 0.2) is 11.6 Å². The zero-order chi connectivity index (χ0) is 22.1. The van der Waals surface area contributed by atoms with Crippen molar-refractivity contribution in [3.05, 3.63) is 42.1 Å². The lowest BCUT2D eigenvalue weighted by Crippen LogP contribution is -2.47. The SMILES string of the molecule is COc1c(N2CCC(C(F)(F)F)C2C(=O)Nc2ccnc(SC)c2)ccc(F)c1F. The zero-order valence-electron chi connectivity index (χ0n) is 16.0. The van der Waals surface area contributed by atoms with Crippen molar-refractivity contribution in [2.45, 2.75) is 23.7 Å². The summed E-state index contributed by atoms with van der Waals surface area (Å²) < 4.78 is 73.6. The Hall–Kier alpha value is -2.56. The maximum absolute atomic E-state index is 14.1. The normalized spacial score (nSPS) is 19.1. The molecule has 1 aromatic carbocycles. The number of rotatable bonds is 5. The molecule has 1 saturated heterocycles. The molecule has 2 atom stereocenters. The van der Waals surface area contributed by atoms with Crippen LogP contribution in [0.2, 0.25) is 0 Å². The number of aromatic nitrogens is 1. The van der Waals surface area contributed by atoms with E-state index in [1.807, 2.05) is 0 Å². The Bertz CT molecular complexity index is 941. The summed E-state index contributed by atoms with van der Waals surface area (Å²) in [6.45, 7) is -0.184. The molecule has 3 rings (SSSR count). The average molecular weight is 447 g/mol. The second-order valence-corrected chi connectivity index (χ2v) is 7.39. The second-order valence-electron chi connectivity index (χ2n) is 6.56. The van der Waals surface area contributed by atoms with Crippen molar-refractivity contribution in [1.29, 1.82) is 0 Å². The number of nitrogens with one attached hydrogen (secondary N) is 1. The van der Waals surface area contributed by atoms with Crippen molar-refractivity contribution >= 4 is 29.0 Å². The molecule has 1 N–H and O–H groups in total. The first-order valence-corrected chi connectivity index (χ1v) is 10.1. The maximum Gasteiger partial charge on any atom is 0.394 e. The number of benzene rings is 1. The Balaban J connectivity index is 1.99. The van der Waals surface area contributed by atoms with Crippen LogP contribution in [0.25, 0.3) is 0 Å². The summed E-state index contributed by atoms with van der Waals surface area (Å²) in [5.74, 6) is -5.99. The van der Waals surface area contributed by atoms with E-state index in [1.165, 1.54) is 30.1 Å². The van der Waals surface area contributed by atoms with E-state index < -0.39 is 41.4 Å². The minimum Gasteiger partial charge on any atom is -0.491 e. The first-order valence-electron chi connectivity index (χ1n) is 8.83. The molecule has 2 aromatic rings. The molecule has 1 amide bonds. The third-order valence-electron chi connectivity index (χ3n) is 4.84. The molecule has 1 aromatic heterocycles. The lowest BCUT2D eigenvalue weighted by molar-refractivity contribution is -0.177. The first-order chi connectivity index (χ1) is 14.2. The molecule has 0 aliphatic carbocycles. The predicted molar refractivity (Wildman–Crippen MR) is 103 cm³/mol. The number of pyridine rings is 1. The smallest absolute Gasteiger partial charge is 0.394 e. The summed E-state index contributed by atoms with van der Waals surface area (Å²) in [7, 11) is 1.08. The van der Waals surface area contributed by atoms with Crippen molar-refractivity contribution in [2.24, 2.45) is 5.92 Å². The molecule has 30 heavy (non-hydrogen) atoms. The number of carbonyl (C=O) groups excluding carboxylic acids is 1. The van der Waals surface area contributed by atoms with Crippen LogP contribution >= 0.6 is 11.8 Å². The van der Waals surface area contributed by atoms with E-state index in [1.54, 1.807) is 6.26 Å². The number of ether oxygens (including phenoxy) is 1. The molecule has 5 nitrogen and oxygen atoms in total. The molecule has 1 fully saturated rings. The molecule has 0 spiro atoms. The van der Waals surface area contributed by atoms with E-state index in [2.05, 4.69) is 10.3 Å². The van der Waals surface area contributed by atoms with Gasteiger partial charge >= 0.3 is 6.18 Å². The fourth-order valence-electron chi connectivity index (χ4n) is 3.49. The number of hydrogen-bond acceptors (Lipinski definition) is 5. The van der Waals surface area contributed by atoms with Crippen LogP contribution in [0.4, 0.5) is 33.3 Å². The van der Waals surface area contributed by atoms with Gasteiger partial charge in [-0.05, 0) is 36.9 Å². The molecule has 162 valence electrons. The number of amides is 1. The number of carbonyl (C=O) groups is 1. The van der Waals surface area contributed by atoms with Crippen molar-refractivity contribution in [1.82, 2.24) is 4.98 Å². The maximum atomic E-state index is 14.1. The fourth-order valence-corrected chi connectivity index (χ4v) is 3.90. The zero-order valence-corrected chi connectivity index (χ0v) is 16.8. The summed E-state index contributed by atoms with van der Waals surface area (Å²) in [6.07, 6.45) is -1.85. The summed E-state index contributed by atoms with van der Waals surface area (Å²) >= 11 is 1.31. The lowest BCUT2D eigenvalue weighted by atomic mass is 9.98. The van der Waals surface area contributed by atoms with E-state index in [0.29, 0.717) is 5.03 Å². The predicted octanol–water partition coefficient (Wildman–Crippen LogP) is 4.49. The van der Waals surface area contributed by atoms with Crippen LogP contribution in [-0.4, -0.2) is 43.0 Å². The highest BCUT2D eigenvalue weighted by molar-refractivity contribution is 7.98. The average Bonchev–Trinajstić information content (AvgIpc) is 3.15. The molecule has 0 saturated carbocycles. The highest BCUT2D eigenvalue weighted by atomic mass is 32.2. The minimum atomic E-state index is -4.66. The van der Waals surface area contributed by atoms with E-state index in [-0.39, 0.29) is 24.3 Å². The first kappa shape index (κ1) is 22.1. The van der Waals surface area contributed by atoms with Crippen LogP contribution in [0.5, 0.6) is 5.75 Å². The summed E-state index contributed by atoms with van der Waals surface area (Å²) in [5.41, 5.74) is 0.159. The van der Waals surface area contributed by atoms with Crippen molar-refractivity contribution in [3.63, 3.8) is 0 Å². The Kier molecular flexibility index (Phi) is 6.39. The van der Waals surface area contributed by atoms with E-state index in [9.17, 15) is 26.7 Å². The molecule has 0 bridgehead atoms. The topological polar surface area (TPSA) is 54.5 Å². The van der Waals surface area contributed by atoms with Gasteiger partial charge < -0.3 is 15.0 Å². The van der Waals surface area contributed by atoms with Crippen molar-refractivity contribution in [3.8, 4) is 5.75 Å². The fraction of sp³-hybridized carbons (Fsp3) is 0.368. The van der Waals surface area contributed by atoms with Gasteiger partial charge in [-0.2, -0.15) is 17.6 Å². The Morgan fingerprint density at radius 3 is 2.67 bits per heavy atom. The van der Waals surface area contributed by atoms with Crippen molar-refractivity contribution in [2.75, 3.05) is 30.1 Å². The molecular weight excluding hydrogens is 429 g/mol. The van der Waals surface area contributed by atoms with Crippen LogP contribution in [-0.2, 0) is 4.79 Å². The third kappa shape index (κ3) is 4.30. The number of halogens is 5. The van der Waals surface area contributed by atoms with E-state index in [4.69, 9.17) is 4.74 Å². The van der Waals surface area contributed by atoms with Crippen LogP contribution in [0, 0.1) is 17.6 Å².